The molecule has 2 aromatic carbocycles. The van der Waals surface area contributed by atoms with Crippen molar-refractivity contribution in [3.05, 3.63) is 42.5 Å². The molecule has 78 valence electrons. The van der Waals surface area contributed by atoms with Crippen LogP contribution >= 0.6 is 0 Å². The number of anilines is 1. The van der Waals surface area contributed by atoms with Gasteiger partial charge in [-0.25, -0.2) is 0 Å². The van der Waals surface area contributed by atoms with Crippen molar-refractivity contribution < 1.29 is 9.90 Å². The highest BCUT2D eigenvalue weighted by atomic mass is 16.4. The molecular formula is C12H13NO2. The Labute approximate surface area is 88.1 Å². The van der Waals surface area contributed by atoms with Gasteiger partial charge in [0.15, 0.2) is 0 Å². The zero-order valence-electron chi connectivity index (χ0n) is 8.47. The minimum atomic E-state index is -0.833. The number of nitrogens with two attached hydrogens (primary N) is 1. The molecule has 0 heterocycles. The van der Waals surface area contributed by atoms with Crippen molar-refractivity contribution in [2.75, 3.05) is 5.73 Å². The van der Waals surface area contributed by atoms with Gasteiger partial charge in [-0.05, 0) is 11.5 Å². The summed E-state index contributed by atoms with van der Waals surface area (Å²) in [7, 11) is 0. The van der Waals surface area contributed by atoms with E-state index in [0.29, 0.717) is 0 Å². The lowest BCUT2D eigenvalue weighted by Gasteiger charge is -1.98. The topological polar surface area (TPSA) is 63.3 Å². The minimum absolute atomic E-state index is 0.833. The summed E-state index contributed by atoms with van der Waals surface area (Å²) in [6.07, 6.45) is 0. The van der Waals surface area contributed by atoms with E-state index in [9.17, 15) is 0 Å². The first-order valence-corrected chi connectivity index (χ1v) is 4.54. The Kier molecular flexibility index (Phi) is 3.68. The van der Waals surface area contributed by atoms with Crippen molar-refractivity contribution in [3.63, 3.8) is 0 Å². The minimum Gasteiger partial charge on any atom is -0.481 e. The molecule has 2 aromatic rings. The predicted molar refractivity (Wildman–Crippen MR) is 61.7 cm³/mol. The van der Waals surface area contributed by atoms with E-state index in [4.69, 9.17) is 15.6 Å². The first-order chi connectivity index (χ1) is 7.11. The summed E-state index contributed by atoms with van der Waals surface area (Å²) in [5.74, 6) is -0.833. The lowest BCUT2D eigenvalue weighted by molar-refractivity contribution is -0.134. The first-order valence-electron chi connectivity index (χ1n) is 4.54. The number of aliphatic carboxylic acids is 1. The molecule has 0 atom stereocenters. The molecule has 3 N–H and O–H groups in total. The van der Waals surface area contributed by atoms with Crippen LogP contribution in [-0.2, 0) is 4.79 Å². The molecule has 0 radical (unpaired) electrons. The molecule has 0 saturated heterocycles. The third-order valence-electron chi connectivity index (χ3n) is 1.82. The molecule has 0 aromatic heterocycles. The second kappa shape index (κ2) is 5.00. The molecule has 0 aliphatic heterocycles. The molecular weight excluding hydrogens is 190 g/mol. The summed E-state index contributed by atoms with van der Waals surface area (Å²) in [6, 6.07) is 14.1. The number of hydrogen-bond donors (Lipinski definition) is 2. The van der Waals surface area contributed by atoms with E-state index < -0.39 is 5.97 Å². The third kappa shape index (κ3) is 3.31. The van der Waals surface area contributed by atoms with E-state index in [2.05, 4.69) is 12.1 Å². The van der Waals surface area contributed by atoms with Gasteiger partial charge >= 0.3 is 0 Å². The fourth-order valence-corrected chi connectivity index (χ4v) is 1.25. The summed E-state index contributed by atoms with van der Waals surface area (Å²) in [6.45, 7) is 1.08. The lowest BCUT2D eigenvalue weighted by Crippen LogP contribution is -1.84. The normalized spacial score (nSPS) is 9.13. The second-order valence-electron chi connectivity index (χ2n) is 3.09. The van der Waals surface area contributed by atoms with E-state index >= 15 is 0 Å². The monoisotopic (exact) mass is 203 g/mol. The van der Waals surface area contributed by atoms with Gasteiger partial charge in [-0.15, -0.1) is 0 Å². The average molecular weight is 203 g/mol. The summed E-state index contributed by atoms with van der Waals surface area (Å²) in [5.41, 5.74) is 6.61. The van der Waals surface area contributed by atoms with Crippen LogP contribution in [0.25, 0.3) is 10.8 Å². The predicted octanol–water partition coefficient (Wildman–Crippen LogP) is 2.51. The fraction of sp³-hybridized carbons (Fsp3) is 0.0833. The maximum atomic E-state index is 9.00. The highest BCUT2D eigenvalue weighted by molar-refractivity contribution is 5.92. The molecule has 0 aliphatic carbocycles. The van der Waals surface area contributed by atoms with E-state index in [1.165, 1.54) is 5.39 Å². The molecule has 0 saturated carbocycles. The van der Waals surface area contributed by atoms with Crippen LogP contribution in [0.4, 0.5) is 5.69 Å². The Balaban J connectivity index is 0.000000245. The van der Waals surface area contributed by atoms with Gasteiger partial charge in [-0.2, -0.15) is 0 Å². The summed E-state index contributed by atoms with van der Waals surface area (Å²) in [4.78, 5) is 9.00. The van der Waals surface area contributed by atoms with Gasteiger partial charge in [-0.3, -0.25) is 4.79 Å². The molecule has 0 unspecified atom stereocenters. The van der Waals surface area contributed by atoms with Crippen LogP contribution in [0.2, 0.25) is 0 Å². The van der Waals surface area contributed by atoms with Crippen LogP contribution in [0, 0.1) is 0 Å². The summed E-state index contributed by atoms with van der Waals surface area (Å²) in [5, 5.41) is 9.75. The highest BCUT2D eigenvalue weighted by Gasteiger charge is 1.92. The summed E-state index contributed by atoms with van der Waals surface area (Å²) < 4.78 is 0. The molecule has 0 fully saturated rings. The SMILES string of the molecule is CC(=O)O.Nc1cccc2ccccc12. The van der Waals surface area contributed by atoms with Gasteiger partial charge < -0.3 is 10.8 Å². The van der Waals surface area contributed by atoms with Gasteiger partial charge in [0.25, 0.3) is 5.97 Å². The maximum Gasteiger partial charge on any atom is 0.300 e. The molecule has 0 spiro atoms. The Bertz CT molecular complexity index is 457. The molecule has 3 heteroatoms. The van der Waals surface area contributed by atoms with Gasteiger partial charge in [0, 0.05) is 18.0 Å². The molecule has 0 bridgehead atoms. The third-order valence-corrected chi connectivity index (χ3v) is 1.82. The number of rotatable bonds is 0. The van der Waals surface area contributed by atoms with E-state index in [0.717, 1.165) is 18.0 Å². The standard InChI is InChI=1S/C10H9N.C2H4O2/c11-10-7-3-5-8-4-1-2-6-9(8)10;1-2(3)4/h1-7H,11H2;1H3,(H,3,4). The van der Waals surface area contributed by atoms with Crippen molar-refractivity contribution in [1.82, 2.24) is 0 Å². The average Bonchev–Trinajstić information content (AvgIpc) is 2.18. The Morgan fingerprint density at radius 1 is 1.13 bits per heavy atom. The molecule has 0 amide bonds. The van der Waals surface area contributed by atoms with Gasteiger partial charge in [-0.1, -0.05) is 36.4 Å². The molecule has 0 aliphatic rings. The number of carboxylic acids is 1. The van der Waals surface area contributed by atoms with Crippen LogP contribution in [0.5, 0.6) is 0 Å². The van der Waals surface area contributed by atoms with Crippen LogP contribution in [0.3, 0.4) is 0 Å². The zero-order chi connectivity index (χ0) is 11.3. The largest absolute Gasteiger partial charge is 0.481 e. The van der Waals surface area contributed by atoms with Crippen LogP contribution in [-0.4, -0.2) is 11.1 Å². The zero-order valence-corrected chi connectivity index (χ0v) is 8.47. The number of hydrogen-bond acceptors (Lipinski definition) is 2. The van der Waals surface area contributed by atoms with Gasteiger partial charge in [0.05, 0.1) is 0 Å². The van der Waals surface area contributed by atoms with Crippen LogP contribution < -0.4 is 5.73 Å². The molecule has 15 heavy (non-hydrogen) atoms. The maximum absolute atomic E-state index is 9.00. The molecule has 3 nitrogen and oxygen atoms in total. The lowest BCUT2D eigenvalue weighted by atomic mass is 10.1. The van der Waals surface area contributed by atoms with Crippen molar-refractivity contribution >= 4 is 22.4 Å². The second-order valence-corrected chi connectivity index (χ2v) is 3.09. The van der Waals surface area contributed by atoms with Crippen molar-refractivity contribution in [2.24, 2.45) is 0 Å². The van der Waals surface area contributed by atoms with Crippen LogP contribution in [0.1, 0.15) is 6.92 Å². The number of benzene rings is 2. The molecule has 2 rings (SSSR count). The fourth-order valence-electron chi connectivity index (χ4n) is 1.25. The van der Waals surface area contributed by atoms with Gasteiger partial charge in [0.2, 0.25) is 0 Å². The Morgan fingerprint density at radius 2 is 1.67 bits per heavy atom. The van der Waals surface area contributed by atoms with E-state index in [1.807, 2.05) is 30.3 Å². The first kappa shape index (κ1) is 11.0. The smallest absolute Gasteiger partial charge is 0.300 e. The van der Waals surface area contributed by atoms with E-state index in [1.54, 1.807) is 0 Å². The Morgan fingerprint density at radius 3 is 2.27 bits per heavy atom. The number of nitrogen functional groups attached to an aromatic ring is 1. The summed E-state index contributed by atoms with van der Waals surface area (Å²) >= 11 is 0. The number of carboxylic acid groups (broad SMARTS) is 1. The van der Waals surface area contributed by atoms with Crippen molar-refractivity contribution in [3.8, 4) is 0 Å². The quantitative estimate of drug-likeness (QED) is 0.646. The number of carbonyl (C=O) groups is 1. The van der Waals surface area contributed by atoms with Gasteiger partial charge in [0.1, 0.15) is 0 Å². The number of fused-ring (bicyclic) bond motifs is 1. The van der Waals surface area contributed by atoms with E-state index in [-0.39, 0.29) is 0 Å². The van der Waals surface area contributed by atoms with Crippen molar-refractivity contribution in [2.45, 2.75) is 6.92 Å². The van der Waals surface area contributed by atoms with Crippen LogP contribution in [0.15, 0.2) is 42.5 Å². The van der Waals surface area contributed by atoms with Crippen molar-refractivity contribution in [1.29, 1.82) is 0 Å². The highest BCUT2D eigenvalue weighted by Crippen LogP contribution is 2.19. The Hall–Kier alpha value is -2.03.